The van der Waals surface area contributed by atoms with Gasteiger partial charge < -0.3 is 4.74 Å². The van der Waals surface area contributed by atoms with Crippen LogP contribution in [0.15, 0.2) is 70.7 Å². The van der Waals surface area contributed by atoms with E-state index in [4.69, 9.17) is 4.74 Å². The van der Waals surface area contributed by atoms with Crippen molar-refractivity contribution in [2.45, 2.75) is 17.7 Å². The molecule has 1 aliphatic rings. The molecule has 4 rings (SSSR count). The molecule has 7 nitrogen and oxygen atoms in total. The molecule has 3 aromatic carbocycles. The number of hydrazone groups is 1. The van der Waals surface area contributed by atoms with Gasteiger partial charge in [0.1, 0.15) is 5.75 Å². The van der Waals surface area contributed by atoms with Crippen molar-refractivity contribution in [3.63, 3.8) is 0 Å². The molecule has 0 spiro atoms. The predicted octanol–water partition coefficient (Wildman–Crippen LogP) is 3.40. The van der Waals surface area contributed by atoms with Gasteiger partial charge in [-0.3, -0.25) is 4.79 Å². The van der Waals surface area contributed by atoms with Crippen LogP contribution in [0, 0.1) is 0 Å². The number of ether oxygens (including phenoxy) is 1. The van der Waals surface area contributed by atoms with Crippen LogP contribution in [-0.2, 0) is 10.0 Å². The Hall–Kier alpha value is -3.23. The Labute approximate surface area is 181 Å². The first-order valence-electron chi connectivity index (χ1n) is 10.00. The number of carbonyl (C=O) groups excluding carboxylic acids is 1. The van der Waals surface area contributed by atoms with Gasteiger partial charge in [-0.25, -0.2) is 13.8 Å². The fraction of sp³-hybridized carbons (Fsp3) is 0.217. The van der Waals surface area contributed by atoms with Crippen molar-refractivity contribution in [2.24, 2.45) is 5.10 Å². The minimum atomic E-state index is -3.59. The van der Waals surface area contributed by atoms with Crippen LogP contribution >= 0.6 is 0 Å². The average Bonchev–Trinajstić information content (AvgIpc) is 3.35. The van der Waals surface area contributed by atoms with Gasteiger partial charge in [0.25, 0.3) is 5.91 Å². The van der Waals surface area contributed by atoms with E-state index in [1.165, 1.54) is 22.7 Å². The number of amides is 1. The van der Waals surface area contributed by atoms with Gasteiger partial charge in [0.15, 0.2) is 0 Å². The first-order valence-corrected chi connectivity index (χ1v) is 11.4. The Balaban J connectivity index is 1.55. The molecule has 0 unspecified atom stereocenters. The standard InChI is InChI=1S/C23H23N3O4S/c1-30-22-12-11-17-7-2-3-10-20(17)21(22)16-24-25-23(27)18-8-6-9-19(15-18)31(28,29)26-13-4-5-14-26/h2-3,6-12,15-16H,4-5,13-14H2,1H3,(H,25,27)/b24-16+. The van der Waals surface area contributed by atoms with Crippen LogP contribution in [0.1, 0.15) is 28.8 Å². The summed E-state index contributed by atoms with van der Waals surface area (Å²) in [5, 5.41) is 6.05. The van der Waals surface area contributed by atoms with E-state index < -0.39 is 15.9 Å². The summed E-state index contributed by atoms with van der Waals surface area (Å²) in [7, 11) is -2.02. The minimum absolute atomic E-state index is 0.113. The lowest BCUT2D eigenvalue weighted by atomic mass is 10.0. The summed E-state index contributed by atoms with van der Waals surface area (Å²) in [6.07, 6.45) is 3.24. The molecular formula is C23H23N3O4S. The smallest absolute Gasteiger partial charge is 0.271 e. The lowest BCUT2D eigenvalue weighted by Crippen LogP contribution is -2.28. The van der Waals surface area contributed by atoms with E-state index in [1.54, 1.807) is 19.2 Å². The van der Waals surface area contributed by atoms with Gasteiger partial charge in [0.05, 0.1) is 18.2 Å². The number of benzene rings is 3. The van der Waals surface area contributed by atoms with Gasteiger partial charge in [0.2, 0.25) is 10.0 Å². The second-order valence-electron chi connectivity index (χ2n) is 7.24. The van der Waals surface area contributed by atoms with Crippen LogP contribution in [0.5, 0.6) is 5.75 Å². The van der Waals surface area contributed by atoms with E-state index in [2.05, 4.69) is 10.5 Å². The Morgan fingerprint density at radius 3 is 2.61 bits per heavy atom. The molecule has 0 bridgehead atoms. The second kappa shape index (κ2) is 8.87. The number of sulfonamides is 1. The zero-order chi connectivity index (χ0) is 21.8. The van der Waals surface area contributed by atoms with Gasteiger partial charge in [-0.2, -0.15) is 9.41 Å². The van der Waals surface area contributed by atoms with E-state index in [-0.39, 0.29) is 10.5 Å². The lowest BCUT2D eigenvalue weighted by Gasteiger charge is -2.15. The van der Waals surface area contributed by atoms with Gasteiger partial charge in [0, 0.05) is 24.2 Å². The largest absolute Gasteiger partial charge is 0.496 e. The molecule has 1 amide bonds. The second-order valence-corrected chi connectivity index (χ2v) is 9.18. The average molecular weight is 438 g/mol. The molecule has 160 valence electrons. The molecule has 0 atom stereocenters. The molecule has 0 saturated carbocycles. The molecule has 1 fully saturated rings. The van der Waals surface area contributed by atoms with Gasteiger partial charge >= 0.3 is 0 Å². The van der Waals surface area contributed by atoms with E-state index in [0.29, 0.717) is 18.8 Å². The van der Waals surface area contributed by atoms with Crippen molar-refractivity contribution >= 4 is 32.9 Å². The summed E-state index contributed by atoms with van der Waals surface area (Å²) in [5.74, 6) is 0.143. The molecule has 1 heterocycles. The molecule has 31 heavy (non-hydrogen) atoms. The maximum atomic E-state index is 12.8. The van der Waals surface area contributed by atoms with E-state index in [9.17, 15) is 13.2 Å². The first kappa shape index (κ1) is 21.0. The van der Waals surface area contributed by atoms with Crippen LogP contribution in [-0.4, -0.2) is 45.0 Å². The molecule has 1 aliphatic heterocycles. The van der Waals surface area contributed by atoms with E-state index in [0.717, 1.165) is 29.2 Å². The van der Waals surface area contributed by atoms with Gasteiger partial charge in [-0.15, -0.1) is 0 Å². The number of hydrogen-bond donors (Lipinski definition) is 1. The fourth-order valence-electron chi connectivity index (χ4n) is 3.68. The first-order chi connectivity index (χ1) is 15.0. The predicted molar refractivity (Wildman–Crippen MR) is 120 cm³/mol. The number of nitrogens with one attached hydrogen (secondary N) is 1. The Morgan fingerprint density at radius 2 is 1.84 bits per heavy atom. The van der Waals surface area contributed by atoms with Crippen molar-refractivity contribution in [1.29, 1.82) is 0 Å². The van der Waals surface area contributed by atoms with Crippen molar-refractivity contribution < 1.29 is 17.9 Å². The summed E-state index contributed by atoms with van der Waals surface area (Å²) < 4.78 is 32.4. The van der Waals surface area contributed by atoms with Crippen LogP contribution in [0.4, 0.5) is 0 Å². The minimum Gasteiger partial charge on any atom is -0.496 e. The van der Waals surface area contributed by atoms with Crippen molar-refractivity contribution in [3.05, 3.63) is 71.8 Å². The number of methoxy groups -OCH3 is 1. The Bertz CT molecular complexity index is 1250. The third-order valence-corrected chi connectivity index (χ3v) is 7.20. The molecule has 1 saturated heterocycles. The highest BCUT2D eigenvalue weighted by molar-refractivity contribution is 7.89. The maximum absolute atomic E-state index is 12.8. The normalized spacial score (nSPS) is 14.9. The summed E-state index contributed by atoms with van der Waals surface area (Å²) in [5.41, 5.74) is 3.44. The van der Waals surface area contributed by atoms with E-state index in [1.807, 2.05) is 36.4 Å². The Kier molecular flexibility index (Phi) is 6.01. The monoisotopic (exact) mass is 437 g/mol. The molecule has 0 aromatic heterocycles. The van der Waals surface area contributed by atoms with Crippen LogP contribution in [0.3, 0.4) is 0 Å². The van der Waals surface area contributed by atoms with E-state index >= 15 is 0 Å². The molecule has 0 radical (unpaired) electrons. The van der Waals surface area contributed by atoms with Crippen molar-refractivity contribution in [2.75, 3.05) is 20.2 Å². The molecule has 0 aliphatic carbocycles. The number of carbonyl (C=O) groups is 1. The number of hydrogen-bond acceptors (Lipinski definition) is 5. The summed E-state index contributed by atoms with van der Waals surface area (Å²) in [6, 6.07) is 17.6. The van der Waals surface area contributed by atoms with Crippen LogP contribution < -0.4 is 10.2 Å². The topological polar surface area (TPSA) is 88.1 Å². The quantitative estimate of drug-likeness (QED) is 0.473. The zero-order valence-electron chi connectivity index (χ0n) is 17.1. The van der Waals surface area contributed by atoms with Crippen LogP contribution in [0.25, 0.3) is 10.8 Å². The zero-order valence-corrected chi connectivity index (χ0v) is 17.9. The number of nitrogens with zero attached hydrogens (tertiary/aromatic N) is 2. The SMILES string of the molecule is COc1ccc2ccccc2c1/C=N/NC(=O)c1cccc(S(=O)(=O)N2CCCC2)c1. The van der Waals surface area contributed by atoms with Crippen molar-refractivity contribution in [1.82, 2.24) is 9.73 Å². The molecule has 8 heteroatoms. The summed E-state index contributed by atoms with van der Waals surface area (Å²) in [6.45, 7) is 1.02. The highest BCUT2D eigenvalue weighted by atomic mass is 32.2. The maximum Gasteiger partial charge on any atom is 0.271 e. The van der Waals surface area contributed by atoms with Crippen molar-refractivity contribution in [3.8, 4) is 5.75 Å². The number of fused-ring (bicyclic) bond motifs is 1. The summed E-state index contributed by atoms with van der Waals surface area (Å²) in [4.78, 5) is 12.7. The third-order valence-electron chi connectivity index (χ3n) is 5.31. The molecule has 1 N–H and O–H groups in total. The fourth-order valence-corrected chi connectivity index (χ4v) is 5.25. The van der Waals surface area contributed by atoms with Crippen LogP contribution in [0.2, 0.25) is 0 Å². The summed E-state index contributed by atoms with van der Waals surface area (Å²) >= 11 is 0. The lowest BCUT2D eigenvalue weighted by molar-refractivity contribution is 0.0955. The number of rotatable bonds is 6. The highest BCUT2D eigenvalue weighted by Gasteiger charge is 2.27. The Morgan fingerprint density at radius 1 is 1.06 bits per heavy atom. The van der Waals surface area contributed by atoms with Gasteiger partial charge in [-0.05, 0) is 47.9 Å². The van der Waals surface area contributed by atoms with Gasteiger partial charge in [-0.1, -0.05) is 36.4 Å². The highest BCUT2D eigenvalue weighted by Crippen LogP contribution is 2.26. The molecule has 3 aromatic rings. The third kappa shape index (κ3) is 4.30. The molecular weight excluding hydrogens is 414 g/mol.